The van der Waals surface area contributed by atoms with Crippen LogP contribution in [0.4, 0.5) is 5.82 Å². The molecule has 0 amide bonds. The molecule has 1 saturated heterocycles. The Morgan fingerprint density at radius 3 is 2.95 bits per heavy atom. The number of hydrogen-bond donors (Lipinski definition) is 1. The summed E-state index contributed by atoms with van der Waals surface area (Å²) in [6, 6.07) is 0. The lowest BCUT2D eigenvalue weighted by Gasteiger charge is -2.17. The first-order valence-corrected chi connectivity index (χ1v) is 7.12. The second kappa shape index (κ2) is 4.45. The molecule has 1 aliphatic rings. The van der Waals surface area contributed by atoms with E-state index in [0.29, 0.717) is 10.8 Å². The Balaban J connectivity index is 2.17. The third-order valence-corrected chi connectivity index (χ3v) is 4.81. The summed E-state index contributed by atoms with van der Waals surface area (Å²) in [7, 11) is 0. The summed E-state index contributed by atoms with van der Waals surface area (Å²) >= 11 is 1.23. The summed E-state index contributed by atoms with van der Waals surface area (Å²) in [6.45, 7) is 6.02. The number of carbonyl (C=O) groups is 1. The van der Waals surface area contributed by atoms with Crippen molar-refractivity contribution in [1.29, 1.82) is 0 Å². The summed E-state index contributed by atoms with van der Waals surface area (Å²) in [5.41, 5.74) is 0.780. The van der Waals surface area contributed by atoms with Crippen molar-refractivity contribution < 1.29 is 9.90 Å². The van der Waals surface area contributed by atoms with Crippen LogP contribution in [0, 0.1) is 12.8 Å². The maximum Gasteiger partial charge on any atom is 0.346 e. The quantitative estimate of drug-likeness (QED) is 0.913. The fourth-order valence-electron chi connectivity index (χ4n) is 2.62. The number of anilines is 1. The number of nitrogens with zero attached hydrogens (tertiary/aromatic N) is 3. The summed E-state index contributed by atoms with van der Waals surface area (Å²) in [6.07, 6.45) is 2.68. The van der Waals surface area contributed by atoms with Crippen molar-refractivity contribution in [2.24, 2.45) is 5.92 Å². The van der Waals surface area contributed by atoms with Gasteiger partial charge in [-0.3, -0.25) is 0 Å². The Hall–Kier alpha value is -1.69. The predicted molar refractivity (Wildman–Crippen MR) is 75.1 cm³/mol. The topological polar surface area (TPSA) is 66.3 Å². The Morgan fingerprint density at radius 2 is 2.32 bits per heavy atom. The molecule has 1 unspecified atom stereocenters. The molecule has 5 nitrogen and oxygen atoms in total. The van der Waals surface area contributed by atoms with Gasteiger partial charge in [0.15, 0.2) is 0 Å². The van der Waals surface area contributed by atoms with Gasteiger partial charge >= 0.3 is 5.97 Å². The number of rotatable bonds is 2. The maximum absolute atomic E-state index is 11.2. The minimum atomic E-state index is -0.888. The van der Waals surface area contributed by atoms with Crippen molar-refractivity contribution in [1.82, 2.24) is 9.97 Å². The number of aromatic carboxylic acids is 1. The fourth-order valence-corrected chi connectivity index (χ4v) is 3.61. The molecule has 1 fully saturated rings. The van der Waals surface area contributed by atoms with Gasteiger partial charge in [-0.05, 0) is 24.8 Å². The van der Waals surface area contributed by atoms with E-state index < -0.39 is 5.97 Å². The van der Waals surface area contributed by atoms with Crippen LogP contribution in [-0.4, -0.2) is 34.1 Å². The SMILES string of the molecule is Cc1c(C(=O)O)sc2ncnc(N3CCC(C)C3)c12. The van der Waals surface area contributed by atoms with E-state index in [-0.39, 0.29) is 0 Å². The van der Waals surface area contributed by atoms with Crippen LogP contribution in [0.5, 0.6) is 0 Å². The van der Waals surface area contributed by atoms with Crippen LogP contribution >= 0.6 is 11.3 Å². The molecule has 6 heteroatoms. The average Bonchev–Trinajstić information content (AvgIpc) is 2.94. The van der Waals surface area contributed by atoms with Gasteiger partial charge < -0.3 is 10.0 Å². The van der Waals surface area contributed by atoms with Crippen molar-refractivity contribution in [2.75, 3.05) is 18.0 Å². The van der Waals surface area contributed by atoms with Gasteiger partial charge in [-0.1, -0.05) is 6.92 Å². The first kappa shape index (κ1) is 12.3. The van der Waals surface area contributed by atoms with E-state index in [4.69, 9.17) is 0 Å². The van der Waals surface area contributed by atoms with Gasteiger partial charge in [-0.25, -0.2) is 14.8 Å². The second-order valence-corrected chi connectivity index (χ2v) is 6.08. The van der Waals surface area contributed by atoms with Gasteiger partial charge in [0.05, 0.1) is 5.39 Å². The molecule has 19 heavy (non-hydrogen) atoms. The second-order valence-electron chi connectivity index (χ2n) is 5.08. The largest absolute Gasteiger partial charge is 0.477 e. The number of aromatic nitrogens is 2. The number of carboxylic acid groups (broad SMARTS) is 1. The molecule has 0 aromatic carbocycles. The Bertz CT molecular complexity index is 653. The molecule has 2 aromatic heterocycles. The van der Waals surface area contributed by atoms with Crippen LogP contribution in [-0.2, 0) is 0 Å². The first-order chi connectivity index (χ1) is 9.08. The molecule has 0 bridgehead atoms. The zero-order valence-corrected chi connectivity index (χ0v) is 11.7. The number of aryl methyl sites for hydroxylation is 1. The highest BCUT2D eigenvalue weighted by molar-refractivity contribution is 7.20. The number of fused-ring (bicyclic) bond motifs is 1. The van der Waals surface area contributed by atoms with Crippen molar-refractivity contribution in [2.45, 2.75) is 20.3 Å². The van der Waals surface area contributed by atoms with Crippen molar-refractivity contribution in [3.05, 3.63) is 16.8 Å². The van der Waals surface area contributed by atoms with E-state index in [2.05, 4.69) is 21.8 Å². The van der Waals surface area contributed by atoms with Crippen molar-refractivity contribution in [3.8, 4) is 0 Å². The zero-order chi connectivity index (χ0) is 13.6. The molecule has 3 heterocycles. The predicted octanol–water partition coefficient (Wildman–Crippen LogP) is 2.54. The highest BCUT2D eigenvalue weighted by Gasteiger charge is 2.25. The van der Waals surface area contributed by atoms with Crippen LogP contribution in [0.15, 0.2) is 6.33 Å². The molecule has 0 saturated carbocycles. The summed E-state index contributed by atoms with van der Waals surface area (Å²) in [5, 5.41) is 10.1. The minimum Gasteiger partial charge on any atom is -0.477 e. The van der Waals surface area contributed by atoms with E-state index in [1.165, 1.54) is 17.7 Å². The Morgan fingerprint density at radius 1 is 1.53 bits per heavy atom. The molecule has 0 spiro atoms. The van der Waals surface area contributed by atoms with Crippen LogP contribution in [0.25, 0.3) is 10.2 Å². The summed E-state index contributed by atoms with van der Waals surface area (Å²) in [5.74, 6) is 0.653. The molecule has 2 aromatic rings. The van der Waals surface area contributed by atoms with Gasteiger partial charge in [0, 0.05) is 13.1 Å². The van der Waals surface area contributed by atoms with Gasteiger partial charge in [-0.2, -0.15) is 0 Å². The molecular formula is C13H15N3O2S. The van der Waals surface area contributed by atoms with Gasteiger partial charge in [0.2, 0.25) is 0 Å². The van der Waals surface area contributed by atoms with Crippen molar-refractivity contribution in [3.63, 3.8) is 0 Å². The highest BCUT2D eigenvalue weighted by atomic mass is 32.1. The minimum absolute atomic E-state index is 0.365. The van der Waals surface area contributed by atoms with E-state index in [9.17, 15) is 9.90 Å². The van der Waals surface area contributed by atoms with Gasteiger partial charge in [0.25, 0.3) is 0 Å². The smallest absolute Gasteiger partial charge is 0.346 e. The normalized spacial score (nSPS) is 19.3. The average molecular weight is 277 g/mol. The molecular weight excluding hydrogens is 262 g/mol. The van der Waals surface area contributed by atoms with E-state index in [0.717, 1.165) is 41.1 Å². The lowest BCUT2D eigenvalue weighted by Crippen LogP contribution is -2.20. The number of carboxylic acids is 1. The van der Waals surface area contributed by atoms with Crippen LogP contribution in [0.3, 0.4) is 0 Å². The van der Waals surface area contributed by atoms with Crippen LogP contribution in [0.2, 0.25) is 0 Å². The maximum atomic E-state index is 11.2. The van der Waals surface area contributed by atoms with Crippen molar-refractivity contribution >= 4 is 33.3 Å². The van der Waals surface area contributed by atoms with Gasteiger partial charge in [0.1, 0.15) is 21.9 Å². The van der Waals surface area contributed by atoms with E-state index in [1.54, 1.807) is 0 Å². The Kier molecular flexibility index (Phi) is 2.89. The molecule has 1 N–H and O–H groups in total. The first-order valence-electron chi connectivity index (χ1n) is 6.30. The van der Waals surface area contributed by atoms with Crippen LogP contribution < -0.4 is 4.90 Å². The molecule has 1 atom stereocenters. The zero-order valence-electron chi connectivity index (χ0n) is 10.9. The van der Waals surface area contributed by atoms with Crippen LogP contribution in [0.1, 0.15) is 28.6 Å². The van der Waals surface area contributed by atoms with Gasteiger partial charge in [-0.15, -0.1) is 11.3 Å². The fraction of sp³-hybridized carbons (Fsp3) is 0.462. The third-order valence-electron chi connectivity index (χ3n) is 3.62. The third kappa shape index (κ3) is 1.96. The lowest BCUT2D eigenvalue weighted by atomic mass is 10.2. The van der Waals surface area contributed by atoms with E-state index in [1.807, 2.05) is 6.92 Å². The molecule has 100 valence electrons. The molecule has 0 radical (unpaired) electrons. The van der Waals surface area contributed by atoms with E-state index >= 15 is 0 Å². The summed E-state index contributed by atoms with van der Waals surface area (Å²) in [4.78, 5) is 23.2. The molecule has 1 aliphatic heterocycles. The molecule has 3 rings (SSSR count). The highest BCUT2D eigenvalue weighted by Crippen LogP contribution is 2.36. The lowest BCUT2D eigenvalue weighted by molar-refractivity contribution is 0.0701. The number of hydrogen-bond acceptors (Lipinski definition) is 5. The Labute approximate surface area is 114 Å². The summed E-state index contributed by atoms with van der Waals surface area (Å²) < 4.78 is 0. The monoisotopic (exact) mass is 277 g/mol. The number of thiophene rings is 1. The standard InChI is InChI=1S/C13H15N3O2S/c1-7-3-4-16(5-7)11-9-8(2)10(13(17)18)19-12(9)15-6-14-11/h6-7H,3-5H2,1-2H3,(H,17,18). The molecule has 0 aliphatic carbocycles.